The summed E-state index contributed by atoms with van der Waals surface area (Å²) in [6.07, 6.45) is -0.0735. The first-order valence-electron chi connectivity index (χ1n) is 6.82. The second-order valence-electron chi connectivity index (χ2n) is 5.78. The van der Waals surface area contributed by atoms with Crippen LogP contribution in [0.4, 0.5) is 10.1 Å². The standard InChI is InChI=1S/C15H17FN2O4/c1-15(2,14(21)22)17-13(20)9-7-12(19)18(8-9)11-6-4-3-5-10(11)16/h3-6,9H,7-8H2,1-2H3,(H,17,20)(H,21,22). The van der Waals surface area contributed by atoms with Gasteiger partial charge in [-0.3, -0.25) is 9.59 Å². The van der Waals surface area contributed by atoms with E-state index in [2.05, 4.69) is 5.32 Å². The molecule has 1 aromatic rings. The second-order valence-corrected chi connectivity index (χ2v) is 5.78. The number of hydrogen-bond acceptors (Lipinski definition) is 3. The van der Waals surface area contributed by atoms with Crippen molar-refractivity contribution >= 4 is 23.5 Å². The van der Waals surface area contributed by atoms with Crippen LogP contribution in [0.15, 0.2) is 24.3 Å². The molecule has 7 heteroatoms. The van der Waals surface area contributed by atoms with E-state index in [0.29, 0.717) is 0 Å². The number of carboxylic acids is 1. The zero-order valence-electron chi connectivity index (χ0n) is 12.3. The Morgan fingerprint density at radius 1 is 1.36 bits per heavy atom. The molecule has 0 aliphatic carbocycles. The highest BCUT2D eigenvalue weighted by Gasteiger charge is 2.39. The predicted octanol–water partition coefficient (Wildman–Crippen LogP) is 1.16. The molecule has 1 saturated heterocycles. The number of carbonyl (C=O) groups excluding carboxylic acids is 2. The topological polar surface area (TPSA) is 86.7 Å². The van der Waals surface area contributed by atoms with E-state index in [1.807, 2.05) is 0 Å². The minimum absolute atomic E-state index is 0.0291. The quantitative estimate of drug-likeness (QED) is 0.874. The lowest BCUT2D eigenvalue weighted by molar-refractivity contribution is -0.146. The van der Waals surface area contributed by atoms with Crippen molar-refractivity contribution in [3.8, 4) is 0 Å². The molecule has 22 heavy (non-hydrogen) atoms. The van der Waals surface area contributed by atoms with Gasteiger partial charge in [0.15, 0.2) is 0 Å². The maximum atomic E-state index is 13.7. The van der Waals surface area contributed by atoms with Crippen molar-refractivity contribution in [1.82, 2.24) is 5.32 Å². The van der Waals surface area contributed by atoms with E-state index in [4.69, 9.17) is 5.11 Å². The molecule has 0 spiro atoms. The van der Waals surface area contributed by atoms with Crippen molar-refractivity contribution in [2.75, 3.05) is 11.4 Å². The van der Waals surface area contributed by atoms with Crippen LogP contribution in [0.25, 0.3) is 0 Å². The summed E-state index contributed by atoms with van der Waals surface area (Å²) in [5.74, 6) is -3.30. The smallest absolute Gasteiger partial charge is 0.328 e. The Kier molecular flexibility index (Phi) is 4.16. The van der Waals surface area contributed by atoms with Crippen molar-refractivity contribution < 1.29 is 23.9 Å². The highest BCUT2D eigenvalue weighted by Crippen LogP contribution is 2.27. The highest BCUT2D eigenvalue weighted by atomic mass is 19.1. The van der Waals surface area contributed by atoms with E-state index in [9.17, 15) is 18.8 Å². The number of nitrogens with zero attached hydrogens (tertiary/aromatic N) is 1. The number of benzene rings is 1. The summed E-state index contributed by atoms with van der Waals surface area (Å²) in [6.45, 7) is 2.75. The third kappa shape index (κ3) is 3.08. The number of hydrogen-bond donors (Lipinski definition) is 2. The molecule has 0 saturated carbocycles. The van der Waals surface area contributed by atoms with Crippen LogP contribution in [0.5, 0.6) is 0 Å². The fraction of sp³-hybridized carbons (Fsp3) is 0.400. The number of aliphatic carboxylic acids is 1. The molecule has 0 bridgehead atoms. The summed E-state index contributed by atoms with van der Waals surface area (Å²) in [5.41, 5.74) is -1.30. The highest BCUT2D eigenvalue weighted by molar-refractivity contribution is 6.01. The summed E-state index contributed by atoms with van der Waals surface area (Å²) < 4.78 is 13.7. The fourth-order valence-corrected chi connectivity index (χ4v) is 2.25. The normalized spacial score (nSPS) is 18.4. The minimum atomic E-state index is -1.43. The molecule has 6 nitrogen and oxygen atoms in total. The van der Waals surface area contributed by atoms with Crippen molar-refractivity contribution in [3.05, 3.63) is 30.1 Å². The summed E-state index contributed by atoms with van der Waals surface area (Å²) in [7, 11) is 0. The Bertz CT molecular complexity index is 630. The molecule has 2 N–H and O–H groups in total. The third-order valence-electron chi connectivity index (χ3n) is 3.61. The zero-order chi connectivity index (χ0) is 16.5. The molecule has 0 aromatic heterocycles. The Morgan fingerprint density at radius 2 is 2.00 bits per heavy atom. The molecule has 1 atom stereocenters. The van der Waals surface area contributed by atoms with Gasteiger partial charge in [0.1, 0.15) is 11.4 Å². The number of nitrogens with one attached hydrogen (secondary N) is 1. The number of carboxylic acid groups (broad SMARTS) is 1. The Morgan fingerprint density at radius 3 is 2.59 bits per heavy atom. The number of halogens is 1. The summed E-state index contributed by atoms with van der Waals surface area (Å²) in [5, 5.41) is 11.4. The minimum Gasteiger partial charge on any atom is -0.480 e. The molecule has 1 aliphatic rings. The van der Waals surface area contributed by atoms with Crippen LogP contribution in [0.1, 0.15) is 20.3 Å². The molecule has 118 valence electrons. The zero-order valence-corrected chi connectivity index (χ0v) is 12.3. The van der Waals surface area contributed by atoms with E-state index in [1.54, 1.807) is 6.07 Å². The molecule has 1 fully saturated rings. The monoisotopic (exact) mass is 308 g/mol. The summed E-state index contributed by atoms with van der Waals surface area (Å²) >= 11 is 0. The van der Waals surface area contributed by atoms with Gasteiger partial charge in [0.05, 0.1) is 11.6 Å². The van der Waals surface area contributed by atoms with E-state index in [1.165, 1.54) is 36.9 Å². The second kappa shape index (κ2) is 5.75. The maximum Gasteiger partial charge on any atom is 0.328 e. The molecule has 1 aromatic carbocycles. The van der Waals surface area contributed by atoms with Gasteiger partial charge >= 0.3 is 5.97 Å². The van der Waals surface area contributed by atoms with Gasteiger partial charge in [0.2, 0.25) is 11.8 Å². The van der Waals surface area contributed by atoms with Gasteiger partial charge < -0.3 is 15.3 Å². The van der Waals surface area contributed by atoms with Gasteiger partial charge in [-0.05, 0) is 26.0 Å². The van der Waals surface area contributed by atoms with Crippen LogP contribution in [0, 0.1) is 11.7 Å². The van der Waals surface area contributed by atoms with Gasteiger partial charge in [-0.25, -0.2) is 9.18 Å². The molecular weight excluding hydrogens is 291 g/mol. The Labute approximate surface area is 126 Å². The van der Waals surface area contributed by atoms with E-state index in [-0.39, 0.29) is 24.6 Å². The van der Waals surface area contributed by atoms with Crippen LogP contribution >= 0.6 is 0 Å². The number of amides is 2. The molecule has 1 unspecified atom stereocenters. The number of carbonyl (C=O) groups is 3. The maximum absolute atomic E-state index is 13.7. The number of para-hydroxylation sites is 1. The van der Waals surface area contributed by atoms with Gasteiger partial charge in [-0.1, -0.05) is 12.1 Å². The Balaban J connectivity index is 2.11. The molecular formula is C15H17FN2O4. The van der Waals surface area contributed by atoms with E-state index < -0.39 is 29.2 Å². The third-order valence-corrected chi connectivity index (χ3v) is 3.61. The summed E-state index contributed by atoms with van der Waals surface area (Å²) in [6, 6.07) is 5.82. The molecule has 2 amide bonds. The van der Waals surface area contributed by atoms with Crippen LogP contribution in [0.3, 0.4) is 0 Å². The van der Waals surface area contributed by atoms with Crippen molar-refractivity contribution in [3.63, 3.8) is 0 Å². The van der Waals surface area contributed by atoms with Crippen molar-refractivity contribution in [1.29, 1.82) is 0 Å². The van der Waals surface area contributed by atoms with Gasteiger partial charge in [-0.2, -0.15) is 0 Å². The average Bonchev–Trinajstić information content (AvgIpc) is 2.81. The van der Waals surface area contributed by atoms with Gasteiger partial charge in [0, 0.05) is 13.0 Å². The first kappa shape index (κ1) is 15.9. The lowest BCUT2D eigenvalue weighted by Crippen LogP contribution is -2.51. The lowest BCUT2D eigenvalue weighted by Gasteiger charge is -2.23. The Hall–Kier alpha value is -2.44. The van der Waals surface area contributed by atoms with Crippen LogP contribution in [0.2, 0.25) is 0 Å². The fourth-order valence-electron chi connectivity index (χ4n) is 2.25. The van der Waals surface area contributed by atoms with E-state index in [0.717, 1.165) is 0 Å². The predicted molar refractivity (Wildman–Crippen MR) is 76.7 cm³/mol. The van der Waals surface area contributed by atoms with Crippen molar-refractivity contribution in [2.24, 2.45) is 5.92 Å². The molecule has 1 aliphatic heterocycles. The van der Waals surface area contributed by atoms with Gasteiger partial charge in [0.25, 0.3) is 0 Å². The van der Waals surface area contributed by atoms with E-state index >= 15 is 0 Å². The SMILES string of the molecule is CC(C)(NC(=O)C1CC(=O)N(c2ccccc2F)C1)C(=O)O. The van der Waals surface area contributed by atoms with Crippen molar-refractivity contribution in [2.45, 2.75) is 25.8 Å². The largest absolute Gasteiger partial charge is 0.480 e. The van der Waals surface area contributed by atoms with Gasteiger partial charge in [-0.15, -0.1) is 0 Å². The summed E-state index contributed by atoms with van der Waals surface area (Å²) in [4.78, 5) is 36.4. The first-order valence-corrected chi connectivity index (χ1v) is 6.82. The van der Waals surface area contributed by atoms with Crippen LogP contribution in [-0.4, -0.2) is 35.0 Å². The lowest BCUT2D eigenvalue weighted by atomic mass is 10.0. The molecule has 0 radical (unpaired) electrons. The molecule has 2 rings (SSSR count). The number of rotatable bonds is 4. The van der Waals surface area contributed by atoms with Crippen LogP contribution in [-0.2, 0) is 14.4 Å². The average molecular weight is 308 g/mol. The first-order chi connectivity index (χ1) is 10.2. The number of anilines is 1. The van der Waals surface area contributed by atoms with Crippen LogP contribution < -0.4 is 10.2 Å². The molecule has 1 heterocycles.